The van der Waals surface area contributed by atoms with Crippen LogP contribution in [0.1, 0.15) is 93.9 Å². The molecule has 2 rings (SSSR count). The molecule has 0 N–H and O–H groups in total. The van der Waals surface area contributed by atoms with E-state index < -0.39 is 5.67 Å². The second kappa shape index (κ2) is 11.0. The molecule has 3 atom stereocenters. The van der Waals surface area contributed by atoms with Gasteiger partial charge >= 0.3 is 0 Å². The number of likely N-dealkylation sites (tertiary alicyclic amines) is 1. The summed E-state index contributed by atoms with van der Waals surface area (Å²) in [6.45, 7) is 16.3. The second-order valence-corrected chi connectivity index (χ2v) is 10.3. The summed E-state index contributed by atoms with van der Waals surface area (Å²) in [4.78, 5) is 2.70. The van der Waals surface area contributed by atoms with Gasteiger partial charge < -0.3 is 4.90 Å². The van der Waals surface area contributed by atoms with Crippen LogP contribution in [0.5, 0.6) is 0 Å². The Kier molecular flexibility index (Phi) is 9.94. The van der Waals surface area contributed by atoms with Gasteiger partial charge in [-0.05, 0) is 63.3 Å². The van der Waals surface area contributed by atoms with Gasteiger partial charge in [0.1, 0.15) is 5.67 Å². The lowest BCUT2D eigenvalue weighted by atomic mass is 9.64. The highest BCUT2D eigenvalue weighted by atomic mass is 19.1. The first-order chi connectivity index (χ1) is 12.7. The van der Waals surface area contributed by atoms with Gasteiger partial charge in [0, 0.05) is 19.0 Å². The van der Waals surface area contributed by atoms with E-state index in [1.807, 2.05) is 13.0 Å². The maximum absolute atomic E-state index is 14.1. The zero-order chi connectivity index (χ0) is 20.1. The van der Waals surface area contributed by atoms with E-state index in [1.54, 1.807) is 19.4 Å². The Labute approximate surface area is 175 Å². The van der Waals surface area contributed by atoms with E-state index in [4.69, 9.17) is 0 Å². The normalized spacial score (nSPS) is 26.2. The van der Waals surface area contributed by atoms with Crippen molar-refractivity contribution < 1.29 is 4.39 Å². The third-order valence-corrected chi connectivity index (χ3v) is 7.43. The molecule has 1 saturated carbocycles. The summed E-state index contributed by atoms with van der Waals surface area (Å²) in [5.41, 5.74) is 0.834. The van der Waals surface area contributed by atoms with E-state index in [0.29, 0.717) is 11.3 Å². The Morgan fingerprint density at radius 3 is 2.39 bits per heavy atom. The molecular formula is C26H48FN. The van der Waals surface area contributed by atoms with Crippen LogP contribution in [0.25, 0.3) is 0 Å². The molecule has 2 aliphatic rings. The number of nitrogens with zero attached hydrogens (tertiary/aromatic N) is 1. The molecule has 0 radical (unpaired) electrons. The molecule has 0 spiro atoms. The first-order valence-electron chi connectivity index (χ1n) is 11.4. The average molecular weight is 394 g/mol. The third kappa shape index (κ3) is 7.01. The van der Waals surface area contributed by atoms with Gasteiger partial charge in [0.25, 0.3) is 0 Å². The smallest absolute Gasteiger partial charge is 0.111 e. The van der Waals surface area contributed by atoms with E-state index in [1.165, 1.54) is 58.2 Å². The monoisotopic (exact) mass is 393 g/mol. The van der Waals surface area contributed by atoms with E-state index in [2.05, 4.69) is 37.8 Å². The van der Waals surface area contributed by atoms with Crippen LogP contribution in [0.4, 0.5) is 4.39 Å². The summed E-state index contributed by atoms with van der Waals surface area (Å²) in [6, 6.07) is 0. The number of hydrogen-bond donors (Lipinski definition) is 0. The zero-order valence-electron chi connectivity index (χ0n) is 18.9. The first kappa shape index (κ1) is 25.4. The van der Waals surface area contributed by atoms with Crippen LogP contribution in [0.15, 0.2) is 23.8 Å². The lowest BCUT2D eigenvalue weighted by Gasteiger charge is -2.44. The van der Waals surface area contributed by atoms with Crippen molar-refractivity contribution in [3.8, 4) is 0 Å². The predicted molar refractivity (Wildman–Crippen MR) is 123 cm³/mol. The Bertz CT molecular complexity index is 507. The molecule has 1 nitrogen and oxygen atoms in total. The van der Waals surface area contributed by atoms with Crippen LogP contribution in [-0.2, 0) is 0 Å². The fourth-order valence-corrected chi connectivity index (χ4v) is 5.00. The summed E-state index contributed by atoms with van der Waals surface area (Å²) in [5, 5.41) is 0. The molecule has 1 aliphatic heterocycles. The van der Waals surface area contributed by atoms with Gasteiger partial charge in [0.2, 0.25) is 0 Å². The highest BCUT2D eigenvalue weighted by Gasteiger charge is 2.38. The predicted octanol–water partition coefficient (Wildman–Crippen LogP) is 7.83. The Morgan fingerprint density at radius 1 is 1.25 bits per heavy atom. The molecule has 0 aromatic rings. The van der Waals surface area contributed by atoms with Crippen molar-refractivity contribution in [3.63, 3.8) is 0 Å². The largest absolute Gasteiger partial charge is 0.302 e. The minimum absolute atomic E-state index is 0. The molecule has 1 heterocycles. The fraction of sp³-hybridized carbons (Fsp3) is 0.846. The number of allylic oxidation sites excluding steroid dienone is 3. The molecular weight excluding hydrogens is 345 g/mol. The summed E-state index contributed by atoms with van der Waals surface area (Å²) in [7, 11) is 0. The van der Waals surface area contributed by atoms with Crippen molar-refractivity contribution in [2.45, 2.75) is 99.6 Å². The molecule has 3 unspecified atom stereocenters. The minimum Gasteiger partial charge on any atom is -0.302 e. The molecule has 28 heavy (non-hydrogen) atoms. The van der Waals surface area contributed by atoms with E-state index in [9.17, 15) is 4.39 Å². The molecule has 2 fully saturated rings. The Hall–Kier alpha value is -0.630. The average Bonchev–Trinajstić information content (AvgIpc) is 3.02. The second-order valence-electron chi connectivity index (χ2n) is 10.3. The van der Waals surface area contributed by atoms with Gasteiger partial charge in [-0.15, -0.1) is 0 Å². The van der Waals surface area contributed by atoms with E-state index >= 15 is 0 Å². The number of alkyl halides is 1. The van der Waals surface area contributed by atoms with Crippen molar-refractivity contribution in [3.05, 3.63) is 23.8 Å². The maximum Gasteiger partial charge on any atom is 0.111 e. The molecule has 1 aliphatic carbocycles. The van der Waals surface area contributed by atoms with Crippen molar-refractivity contribution in [1.82, 2.24) is 4.90 Å². The van der Waals surface area contributed by atoms with E-state index in [-0.39, 0.29) is 13.3 Å². The fourth-order valence-electron chi connectivity index (χ4n) is 5.00. The maximum atomic E-state index is 14.1. The van der Waals surface area contributed by atoms with E-state index in [0.717, 1.165) is 12.3 Å². The van der Waals surface area contributed by atoms with Crippen LogP contribution in [0, 0.1) is 23.2 Å². The number of halogens is 1. The Balaban J connectivity index is 0.00000392. The topological polar surface area (TPSA) is 3.24 Å². The molecule has 164 valence electrons. The van der Waals surface area contributed by atoms with Crippen LogP contribution >= 0.6 is 0 Å². The molecule has 0 aromatic carbocycles. The van der Waals surface area contributed by atoms with Crippen LogP contribution in [-0.4, -0.2) is 30.2 Å². The molecule has 1 saturated heterocycles. The lowest BCUT2D eigenvalue weighted by Crippen LogP contribution is -2.39. The van der Waals surface area contributed by atoms with Gasteiger partial charge in [0.05, 0.1) is 0 Å². The molecule has 0 aromatic heterocycles. The van der Waals surface area contributed by atoms with Gasteiger partial charge in [-0.3, -0.25) is 0 Å². The molecule has 0 amide bonds. The lowest BCUT2D eigenvalue weighted by molar-refractivity contribution is 0.107. The summed E-state index contributed by atoms with van der Waals surface area (Å²) in [6.07, 6.45) is 15.8. The summed E-state index contributed by atoms with van der Waals surface area (Å²) in [5.74, 6) is 1.41. The number of hydrogen-bond acceptors (Lipinski definition) is 1. The third-order valence-electron chi connectivity index (χ3n) is 7.43. The van der Waals surface area contributed by atoms with Crippen molar-refractivity contribution >= 4 is 0 Å². The van der Waals surface area contributed by atoms with Gasteiger partial charge in [-0.25, -0.2) is 4.39 Å². The van der Waals surface area contributed by atoms with Crippen LogP contribution in [0.2, 0.25) is 0 Å². The zero-order valence-corrected chi connectivity index (χ0v) is 18.9. The SMILES string of the molecule is C.CC/C(=C\C=C/C(C)C(C)(C)F)C(CN1CCC(C)C1)C1(C)CCCCC1. The highest BCUT2D eigenvalue weighted by Crippen LogP contribution is 2.46. The van der Waals surface area contributed by atoms with Gasteiger partial charge in [-0.2, -0.15) is 0 Å². The van der Waals surface area contributed by atoms with Gasteiger partial charge in [-0.1, -0.05) is 78.2 Å². The molecule has 0 bridgehead atoms. The summed E-state index contributed by atoms with van der Waals surface area (Å²) >= 11 is 0. The van der Waals surface area contributed by atoms with Crippen LogP contribution in [0.3, 0.4) is 0 Å². The highest BCUT2D eigenvalue weighted by molar-refractivity contribution is 5.19. The quantitative estimate of drug-likeness (QED) is 0.380. The molecule has 2 heteroatoms. The van der Waals surface area contributed by atoms with Crippen molar-refractivity contribution in [2.75, 3.05) is 19.6 Å². The first-order valence-corrected chi connectivity index (χ1v) is 11.4. The van der Waals surface area contributed by atoms with Gasteiger partial charge in [0.15, 0.2) is 0 Å². The standard InChI is InChI=1S/C25H44FN.CH4/c1-7-22(13-11-12-21(3)24(4,5)26)23(19-27-17-14-20(2)18-27)25(6)15-9-8-10-16-25;/h11-13,20-21,23H,7-10,14-19H2,1-6H3;1H4/b12-11-,22-13+;. The van der Waals surface area contributed by atoms with Crippen molar-refractivity contribution in [1.29, 1.82) is 0 Å². The van der Waals surface area contributed by atoms with Crippen molar-refractivity contribution in [2.24, 2.45) is 23.2 Å². The van der Waals surface area contributed by atoms with Crippen LogP contribution < -0.4 is 0 Å². The number of rotatable bonds is 8. The Morgan fingerprint density at radius 2 is 1.89 bits per heavy atom. The summed E-state index contributed by atoms with van der Waals surface area (Å²) < 4.78 is 14.1. The minimum atomic E-state index is -1.16.